The molecule has 2 heterocycles. The van der Waals surface area contributed by atoms with Crippen LogP contribution in [-0.4, -0.2) is 55.5 Å². The van der Waals surface area contributed by atoms with Gasteiger partial charge in [-0.05, 0) is 70.6 Å². The number of likely N-dealkylation sites (tertiary alicyclic amines) is 1. The maximum absolute atomic E-state index is 12.6. The number of hydrogen-bond acceptors (Lipinski definition) is 6. The minimum absolute atomic E-state index is 0. The number of aromatic nitrogens is 1. The fourth-order valence-electron chi connectivity index (χ4n) is 5.19. The molecule has 0 amide bonds. The van der Waals surface area contributed by atoms with Crippen molar-refractivity contribution in [2.24, 2.45) is 0 Å². The number of fused-ring (bicyclic) bond motifs is 1. The lowest BCUT2D eigenvalue weighted by molar-refractivity contribution is -0.0274. The van der Waals surface area contributed by atoms with Crippen LogP contribution in [0.1, 0.15) is 58.4 Å². The molecular formula is C22H33ClN2O5S. The number of hydrogen-bond donors (Lipinski definition) is 0. The van der Waals surface area contributed by atoms with Gasteiger partial charge in [0.2, 0.25) is 0 Å². The third-order valence-electron chi connectivity index (χ3n) is 7.02. The normalized spacial score (nSPS) is 26.1. The van der Waals surface area contributed by atoms with E-state index in [-0.39, 0.29) is 28.9 Å². The second-order valence-electron chi connectivity index (χ2n) is 9.01. The van der Waals surface area contributed by atoms with Crippen LogP contribution < -0.4 is 5.76 Å². The molecule has 9 heteroatoms. The Balaban J connectivity index is 0.00000272. The Morgan fingerprint density at radius 2 is 1.81 bits per heavy atom. The Kier molecular flexibility index (Phi) is 7.25. The number of rotatable bonds is 5. The lowest BCUT2D eigenvalue weighted by Gasteiger charge is -2.48. The monoisotopic (exact) mass is 472 g/mol. The topological polar surface area (TPSA) is 81.8 Å². The molecule has 1 saturated heterocycles. The van der Waals surface area contributed by atoms with Crippen LogP contribution in [0.4, 0.5) is 0 Å². The van der Waals surface area contributed by atoms with Crippen LogP contribution in [0.2, 0.25) is 0 Å². The first-order valence-corrected chi connectivity index (χ1v) is 12.8. The summed E-state index contributed by atoms with van der Waals surface area (Å²) in [6, 6.07) is 4.66. The first-order chi connectivity index (χ1) is 14.2. The number of oxazole rings is 1. The van der Waals surface area contributed by atoms with E-state index in [9.17, 15) is 13.2 Å². The molecule has 1 aromatic carbocycles. The highest BCUT2D eigenvalue weighted by Crippen LogP contribution is 2.38. The molecular weight excluding hydrogens is 440 g/mol. The van der Waals surface area contributed by atoms with Gasteiger partial charge in [0, 0.05) is 37.5 Å². The minimum atomic E-state index is -3.35. The molecule has 1 aliphatic heterocycles. The summed E-state index contributed by atoms with van der Waals surface area (Å²) >= 11 is 0. The summed E-state index contributed by atoms with van der Waals surface area (Å²) in [6.07, 6.45) is 7.74. The molecule has 0 bridgehead atoms. The molecule has 1 aliphatic carbocycles. The number of ether oxygens (including phenoxy) is 1. The molecule has 174 valence electrons. The third kappa shape index (κ3) is 4.87. The molecule has 0 radical (unpaired) electrons. The van der Waals surface area contributed by atoms with E-state index in [1.165, 1.54) is 12.3 Å². The first-order valence-electron chi connectivity index (χ1n) is 10.9. The molecule has 31 heavy (non-hydrogen) atoms. The number of sulfone groups is 1. The molecule has 0 atom stereocenters. The fourth-order valence-corrected chi connectivity index (χ4v) is 5.83. The Hall–Kier alpha value is -1.35. The van der Waals surface area contributed by atoms with Gasteiger partial charge in [-0.1, -0.05) is 0 Å². The van der Waals surface area contributed by atoms with Crippen molar-refractivity contribution in [1.82, 2.24) is 9.47 Å². The average Bonchev–Trinajstić information content (AvgIpc) is 3.04. The predicted molar refractivity (Wildman–Crippen MR) is 123 cm³/mol. The molecule has 0 unspecified atom stereocenters. The van der Waals surface area contributed by atoms with Gasteiger partial charge in [0.15, 0.2) is 15.4 Å². The van der Waals surface area contributed by atoms with Crippen molar-refractivity contribution in [3.63, 3.8) is 0 Å². The third-order valence-corrected chi connectivity index (χ3v) is 8.13. The van der Waals surface area contributed by atoms with Gasteiger partial charge in [0.25, 0.3) is 0 Å². The lowest BCUT2D eigenvalue weighted by atomic mass is 9.79. The van der Waals surface area contributed by atoms with E-state index in [0.29, 0.717) is 17.2 Å². The Morgan fingerprint density at radius 3 is 2.39 bits per heavy atom. The van der Waals surface area contributed by atoms with E-state index in [2.05, 4.69) is 18.7 Å². The van der Waals surface area contributed by atoms with E-state index < -0.39 is 15.6 Å². The zero-order chi connectivity index (χ0) is 21.5. The van der Waals surface area contributed by atoms with Crippen LogP contribution in [0.25, 0.3) is 11.1 Å². The second-order valence-corrected chi connectivity index (χ2v) is 11.0. The predicted octanol–water partition coefficient (Wildman–Crippen LogP) is 3.79. The fraction of sp³-hybridized carbons (Fsp3) is 0.682. The SMILES string of the molecule is CCOC1CCC(C)(N2CCC(n3c(=O)oc4ccc(S(C)(=O)=O)cc43)CC2)CC1.Cl. The molecule has 4 rings (SSSR count). The maximum Gasteiger partial charge on any atom is 0.420 e. The summed E-state index contributed by atoms with van der Waals surface area (Å²) in [4.78, 5) is 15.3. The van der Waals surface area contributed by atoms with Crippen LogP contribution >= 0.6 is 12.4 Å². The van der Waals surface area contributed by atoms with Crippen molar-refractivity contribution in [3.05, 3.63) is 28.7 Å². The van der Waals surface area contributed by atoms with Crippen LogP contribution in [0, 0.1) is 0 Å². The summed E-state index contributed by atoms with van der Waals surface area (Å²) in [5.74, 6) is -0.405. The number of piperidine rings is 1. The van der Waals surface area contributed by atoms with Gasteiger partial charge in [-0.15, -0.1) is 12.4 Å². The molecule has 2 aromatic rings. The van der Waals surface area contributed by atoms with Crippen molar-refractivity contribution in [2.75, 3.05) is 26.0 Å². The standard InChI is InChI=1S/C22H32N2O5S.ClH/c1-4-28-17-7-11-22(2,12-8-17)23-13-9-16(10-14-23)24-19-15-18(30(3,26)27)5-6-20(19)29-21(24)25;/h5-6,15-17H,4,7-14H2,1-3H3;1H. The largest absolute Gasteiger partial charge is 0.420 e. The maximum atomic E-state index is 12.6. The van der Waals surface area contributed by atoms with E-state index in [1.54, 1.807) is 16.7 Å². The summed E-state index contributed by atoms with van der Waals surface area (Å²) in [6.45, 7) is 7.03. The van der Waals surface area contributed by atoms with Crippen LogP contribution in [-0.2, 0) is 14.6 Å². The highest BCUT2D eigenvalue weighted by Gasteiger charge is 2.38. The molecule has 2 fully saturated rings. The quantitative estimate of drug-likeness (QED) is 0.658. The van der Waals surface area contributed by atoms with E-state index >= 15 is 0 Å². The molecule has 7 nitrogen and oxygen atoms in total. The summed E-state index contributed by atoms with van der Waals surface area (Å²) in [7, 11) is -3.35. The van der Waals surface area contributed by atoms with E-state index in [4.69, 9.17) is 9.15 Å². The van der Waals surface area contributed by atoms with Crippen LogP contribution in [0.15, 0.2) is 32.3 Å². The van der Waals surface area contributed by atoms with Gasteiger partial charge in [0.1, 0.15) is 0 Å². The Bertz CT molecular complexity index is 1060. The summed E-state index contributed by atoms with van der Waals surface area (Å²) < 4.78 is 36.8. The number of benzene rings is 1. The first kappa shape index (κ1) is 24.3. The van der Waals surface area contributed by atoms with Crippen LogP contribution in [0.3, 0.4) is 0 Å². The van der Waals surface area contributed by atoms with Crippen molar-refractivity contribution in [2.45, 2.75) is 75.0 Å². The zero-order valence-corrected chi connectivity index (χ0v) is 20.1. The number of halogens is 1. The lowest BCUT2D eigenvalue weighted by Crippen LogP contribution is -2.52. The van der Waals surface area contributed by atoms with Crippen molar-refractivity contribution in [3.8, 4) is 0 Å². The average molecular weight is 473 g/mol. The Labute approximate surface area is 190 Å². The Morgan fingerprint density at radius 1 is 1.16 bits per heavy atom. The molecule has 0 N–H and O–H groups in total. The van der Waals surface area contributed by atoms with Gasteiger partial charge < -0.3 is 9.15 Å². The van der Waals surface area contributed by atoms with E-state index in [0.717, 1.165) is 58.2 Å². The zero-order valence-electron chi connectivity index (χ0n) is 18.5. The number of nitrogens with zero attached hydrogens (tertiary/aromatic N) is 2. The van der Waals surface area contributed by atoms with Crippen LogP contribution in [0.5, 0.6) is 0 Å². The molecule has 0 spiro atoms. The summed E-state index contributed by atoms with van der Waals surface area (Å²) in [5, 5.41) is 0. The van der Waals surface area contributed by atoms with Gasteiger partial charge in [0.05, 0.1) is 16.5 Å². The van der Waals surface area contributed by atoms with Gasteiger partial charge >= 0.3 is 5.76 Å². The molecule has 2 aliphatic rings. The van der Waals surface area contributed by atoms with Gasteiger partial charge in [-0.2, -0.15) is 0 Å². The summed E-state index contributed by atoms with van der Waals surface area (Å²) in [5.41, 5.74) is 1.20. The second kappa shape index (κ2) is 9.25. The van der Waals surface area contributed by atoms with Crippen molar-refractivity contribution < 1.29 is 17.6 Å². The minimum Gasteiger partial charge on any atom is -0.408 e. The van der Waals surface area contributed by atoms with Gasteiger partial charge in [-0.3, -0.25) is 9.47 Å². The highest BCUT2D eigenvalue weighted by molar-refractivity contribution is 7.90. The molecule has 1 aromatic heterocycles. The van der Waals surface area contributed by atoms with E-state index in [1.807, 2.05) is 0 Å². The smallest absolute Gasteiger partial charge is 0.408 e. The van der Waals surface area contributed by atoms with Crippen molar-refractivity contribution >= 4 is 33.3 Å². The molecule has 1 saturated carbocycles. The highest BCUT2D eigenvalue weighted by atomic mass is 35.5. The van der Waals surface area contributed by atoms with Crippen molar-refractivity contribution in [1.29, 1.82) is 0 Å². The van der Waals surface area contributed by atoms with Gasteiger partial charge in [-0.25, -0.2) is 13.2 Å².